The molecule has 0 heterocycles. The Bertz CT molecular complexity index is 566. The molecular formula is C18H22N2O. The van der Waals surface area contributed by atoms with Crippen LogP contribution < -0.4 is 10.6 Å². The number of carbonyl (C=O) groups excluding carboxylic acids is 1. The van der Waals surface area contributed by atoms with E-state index in [-0.39, 0.29) is 5.91 Å². The smallest absolute Gasteiger partial charge is 0.224 e. The van der Waals surface area contributed by atoms with Gasteiger partial charge in [0.2, 0.25) is 5.91 Å². The summed E-state index contributed by atoms with van der Waals surface area (Å²) in [5.41, 5.74) is 3.30. The van der Waals surface area contributed by atoms with E-state index in [1.807, 2.05) is 43.4 Å². The van der Waals surface area contributed by atoms with Gasteiger partial charge in [0.05, 0.1) is 0 Å². The first kappa shape index (κ1) is 15.3. The molecule has 0 saturated heterocycles. The summed E-state index contributed by atoms with van der Waals surface area (Å²) in [5, 5.41) is 6.07. The van der Waals surface area contributed by atoms with Crippen LogP contribution in [0.15, 0.2) is 54.6 Å². The molecule has 0 aromatic heterocycles. The van der Waals surface area contributed by atoms with Gasteiger partial charge in [-0.2, -0.15) is 0 Å². The first-order valence-electron chi connectivity index (χ1n) is 7.36. The van der Waals surface area contributed by atoms with Crippen LogP contribution in [0, 0.1) is 0 Å². The van der Waals surface area contributed by atoms with Gasteiger partial charge < -0.3 is 10.6 Å². The summed E-state index contributed by atoms with van der Waals surface area (Å²) in [6.45, 7) is 0.860. The molecule has 2 aromatic rings. The Balaban J connectivity index is 2.01. The fraction of sp³-hybridized carbons (Fsp3) is 0.278. The van der Waals surface area contributed by atoms with E-state index in [2.05, 4.69) is 28.8 Å². The molecule has 110 valence electrons. The highest BCUT2D eigenvalue weighted by Gasteiger charge is 2.06. The molecule has 0 radical (unpaired) electrons. The molecule has 0 aliphatic rings. The fourth-order valence-corrected chi connectivity index (χ4v) is 2.25. The molecule has 0 bridgehead atoms. The van der Waals surface area contributed by atoms with Gasteiger partial charge in [-0.05, 0) is 43.6 Å². The fourth-order valence-electron chi connectivity index (χ4n) is 2.25. The molecular weight excluding hydrogens is 260 g/mol. The third kappa shape index (κ3) is 5.04. The Morgan fingerprint density at radius 2 is 1.71 bits per heavy atom. The number of carbonyl (C=O) groups is 1. The molecule has 1 amide bonds. The van der Waals surface area contributed by atoms with Crippen LogP contribution in [0.2, 0.25) is 0 Å². The van der Waals surface area contributed by atoms with E-state index in [9.17, 15) is 4.79 Å². The minimum Gasteiger partial charge on any atom is -0.326 e. The van der Waals surface area contributed by atoms with Gasteiger partial charge in [0.15, 0.2) is 0 Å². The zero-order chi connectivity index (χ0) is 14.9. The molecule has 2 N–H and O–H groups in total. The van der Waals surface area contributed by atoms with E-state index in [0.29, 0.717) is 6.42 Å². The quantitative estimate of drug-likeness (QED) is 0.766. The van der Waals surface area contributed by atoms with Crippen LogP contribution in [0.25, 0.3) is 0 Å². The van der Waals surface area contributed by atoms with Crippen LogP contribution >= 0.6 is 0 Å². The summed E-state index contributed by atoms with van der Waals surface area (Å²) in [7, 11) is 1.90. The number of hydrogen-bond donors (Lipinski definition) is 2. The highest BCUT2D eigenvalue weighted by Crippen LogP contribution is 2.19. The molecule has 0 saturated carbocycles. The molecule has 2 rings (SSSR count). The van der Waals surface area contributed by atoms with Gasteiger partial charge in [-0.25, -0.2) is 0 Å². The summed E-state index contributed by atoms with van der Waals surface area (Å²) in [4.78, 5) is 12.0. The van der Waals surface area contributed by atoms with Crippen molar-refractivity contribution in [1.82, 2.24) is 5.32 Å². The predicted octanol–water partition coefficient (Wildman–Crippen LogP) is 3.22. The van der Waals surface area contributed by atoms with Crippen molar-refractivity contribution < 1.29 is 4.79 Å². The van der Waals surface area contributed by atoms with E-state index in [1.54, 1.807) is 0 Å². The van der Waals surface area contributed by atoms with Crippen molar-refractivity contribution in [3.8, 4) is 0 Å². The maximum Gasteiger partial charge on any atom is 0.224 e. The third-order valence-corrected chi connectivity index (χ3v) is 3.36. The second-order valence-electron chi connectivity index (χ2n) is 5.07. The van der Waals surface area contributed by atoms with Crippen LogP contribution in [0.4, 0.5) is 5.69 Å². The van der Waals surface area contributed by atoms with Gasteiger partial charge in [0, 0.05) is 12.1 Å². The van der Waals surface area contributed by atoms with Crippen LogP contribution in [0.5, 0.6) is 0 Å². The summed E-state index contributed by atoms with van der Waals surface area (Å²) in [6.07, 6.45) is 2.22. The highest BCUT2D eigenvalue weighted by atomic mass is 16.1. The van der Waals surface area contributed by atoms with Gasteiger partial charge in [-0.1, -0.05) is 48.5 Å². The average Bonchev–Trinajstić information content (AvgIpc) is 2.51. The first-order valence-corrected chi connectivity index (χ1v) is 7.36. The Morgan fingerprint density at radius 1 is 1.00 bits per heavy atom. The number of rotatable bonds is 7. The second-order valence-corrected chi connectivity index (χ2v) is 5.07. The largest absolute Gasteiger partial charge is 0.326 e. The molecule has 0 spiro atoms. The summed E-state index contributed by atoms with van der Waals surface area (Å²) in [5.74, 6) is 0.0748. The third-order valence-electron chi connectivity index (χ3n) is 3.36. The van der Waals surface area contributed by atoms with Crippen molar-refractivity contribution in [1.29, 1.82) is 0 Å². The summed E-state index contributed by atoms with van der Waals surface area (Å²) < 4.78 is 0. The van der Waals surface area contributed by atoms with Crippen LogP contribution in [0.1, 0.15) is 24.0 Å². The average molecular weight is 282 g/mol. The molecule has 0 atom stereocenters. The first-order chi connectivity index (χ1) is 10.3. The molecule has 3 nitrogen and oxygen atoms in total. The van der Waals surface area contributed by atoms with Crippen molar-refractivity contribution >= 4 is 11.6 Å². The van der Waals surface area contributed by atoms with Gasteiger partial charge in [0.25, 0.3) is 0 Å². The summed E-state index contributed by atoms with van der Waals surface area (Å²) in [6, 6.07) is 18.3. The van der Waals surface area contributed by atoms with Crippen molar-refractivity contribution in [2.45, 2.75) is 19.3 Å². The van der Waals surface area contributed by atoms with Crippen molar-refractivity contribution in [3.05, 3.63) is 65.7 Å². The predicted molar refractivity (Wildman–Crippen MR) is 87.5 cm³/mol. The molecule has 2 aromatic carbocycles. The topological polar surface area (TPSA) is 41.1 Å². The number of amides is 1. The maximum absolute atomic E-state index is 12.0. The second kappa shape index (κ2) is 8.22. The highest BCUT2D eigenvalue weighted by molar-refractivity contribution is 5.91. The lowest BCUT2D eigenvalue weighted by atomic mass is 10.0. The number of nitrogens with one attached hydrogen (secondary N) is 2. The summed E-state index contributed by atoms with van der Waals surface area (Å²) >= 11 is 0. The Morgan fingerprint density at radius 3 is 2.48 bits per heavy atom. The number of hydrogen-bond acceptors (Lipinski definition) is 2. The molecule has 0 unspecified atom stereocenters. The molecule has 0 aliphatic carbocycles. The monoisotopic (exact) mass is 282 g/mol. The van der Waals surface area contributed by atoms with E-state index >= 15 is 0 Å². The number of benzene rings is 2. The van der Waals surface area contributed by atoms with Crippen molar-refractivity contribution in [2.75, 3.05) is 18.9 Å². The van der Waals surface area contributed by atoms with E-state index in [4.69, 9.17) is 0 Å². The Kier molecular flexibility index (Phi) is 5.98. The van der Waals surface area contributed by atoms with Gasteiger partial charge in [-0.3, -0.25) is 4.79 Å². The van der Waals surface area contributed by atoms with Crippen LogP contribution in [-0.4, -0.2) is 19.5 Å². The zero-order valence-corrected chi connectivity index (χ0v) is 12.4. The van der Waals surface area contributed by atoms with E-state index in [1.165, 1.54) is 5.56 Å². The molecule has 3 heteroatoms. The van der Waals surface area contributed by atoms with Crippen LogP contribution in [-0.2, 0) is 11.2 Å². The van der Waals surface area contributed by atoms with Gasteiger partial charge in [0.1, 0.15) is 0 Å². The van der Waals surface area contributed by atoms with Crippen molar-refractivity contribution in [2.24, 2.45) is 0 Å². The van der Waals surface area contributed by atoms with Crippen LogP contribution in [0.3, 0.4) is 0 Å². The maximum atomic E-state index is 12.0. The zero-order valence-electron chi connectivity index (χ0n) is 12.4. The SMILES string of the molecule is CNCCCC(=O)Nc1ccccc1Cc1ccccc1. The molecule has 21 heavy (non-hydrogen) atoms. The van der Waals surface area contributed by atoms with Gasteiger partial charge >= 0.3 is 0 Å². The Labute approximate surface area is 126 Å². The minimum atomic E-state index is 0.0748. The molecule has 0 fully saturated rings. The minimum absolute atomic E-state index is 0.0748. The lowest BCUT2D eigenvalue weighted by molar-refractivity contribution is -0.116. The molecule has 0 aliphatic heterocycles. The lowest BCUT2D eigenvalue weighted by Gasteiger charge is -2.11. The van der Waals surface area contributed by atoms with E-state index < -0.39 is 0 Å². The normalized spacial score (nSPS) is 10.3. The Hall–Kier alpha value is -2.13. The number of anilines is 1. The number of para-hydroxylation sites is 1. The van der Waals surface area contributed by atoms with Crippen molar-refractivity contribution in [3.63, 3.8) is 0 Å². The van der Waals surface area contributed by atoms with E-state index in [0.717, 1.165) is 30.6 Å². The van der Waals surface area contributed by atoms with Gasteiger partial charge in [-0.15, -0.1) is 0 Å². The lowest BCUT2D eigenvalue weighted by Crippen LogP contribution is -2.16. The standard InChI is InChI=1S/C18H22N2O/c1-19-13-7-12-18(21)20-17-11-6-5-10-16(17)14-15-8-3-2-4-9-15/h2-6,8-11,19H,7,12-14H2,1H3,(H,20,21).